The van der Waals surface area contributed by atoms with Gasteiger partial charge in [0, 0.05) is 50.7 Å². The van der Waals surface area contributed by atoms with E-state index in [2.05, 4.69) is 10.00 Å². The number of carbonyl (C=O) groups excluding carboxylic acids is 1. The van der Waals surface area contributed by atoms with E-state index in [9.17, 15) is 4.79 Å². The molecule has 134 valence electrons. The Balaban J connectivity index is 1.44. The van der Waals surface area contributed by atoms with Gasteiger partial charge in [0.05, 0.1) is 25.5 Å². The highest BCUT2D eigenvalue weighted by Crippen LogP contribution is 2.24. The third kappa shape index (κ3) is 3.62. The minimum atomic E-state index is -0.00915. The molecule has 25 heavy (non-hydrogen) atoms. The standard InChI is InChI=1S/C18H24N4O3/c23-18(21-6-1-3-16(14-21)22-7-2-5-19-22)17-15(4-10-25-17)13-20-8-11-24-12-9-20/h2,4-5,7,10,16H,1,3,6,8-9,11-14H2. The lowest BCUT2D eigenvalue weighted by atomic mass is 10.1. The maximum Gasteiger partial charge on any atom is 0.289 e. The minimum Gasteiger partial charge on any atom is -0.459 e. The molecular formula is C18H24N4O3. The van der Waals surface area contributed by atoms with E-state index in [1.54, 1.807) is 12.5 Å². The predicted octanol–water partition coefficient (Wildman–Crippen LogP) is 1.79. The molecule has 0 aromatic carbocycles. The van der Waals surface area contributed by atoms with Crippen molar-refractivity contribution >= 4 is 5.91 Å². The molecule has 7 nitrogen and oxygen atoms in total. The second kappa shape index (κ2) is 7.41. The van der Waals surface area contributed by atoms with Crippen LogP contribution >= 0.6 is 0 Å². The van der Waals surface area contributed by atoms with E-state index in [0.717, 1.165) is 57.8 Å². The molecule has 0 N–H and O–H groups in total. The van der Waals surface area contributed by atoms with Gasteiger partial charge in [-0.15, -0.1) is 0 Å². The highest BCUT2D eigenvalue weighted by Gasteiger charge is 2.29. The number of hydrogen-bond acceptors (Lipinski definition) is 5. The summed E-state index contributed by atoms with van der Waals surface area (Å²) in [5.41, 5.74) is 0.966. The van der Waals surface area contributed by atoms with Crippen LogP contribution in [0.15, 0.2) is 35.2 Å². The Bertz CT molecular complexity index is 691. The summed E-state index contributed by atoms with van der Waals surface area (Å²) in [4.78, 5) is 17.2. The summed E-state index contributed by atoms with van der Waals surface area (Å²) in [5.74, 6) is 0.470. The Morgan fingerprint density at radius 3 is 2.96 bits per heavy atom. The lowest BCUT2D eigenvalue weighted by Gasteiger charge is -2.32. The molecule has 2 aromatic heterocycles. The van der Waals surface area contributed by atoms with Gasteiger partial charge in [0.1, 0.15) is 0 Å². The Morgan fingerprint density at radius 1 is 1.28 bits per heavy atom. The van der Waals surface area contributed by atoms with Crippen molar-refractivity contribution in [2.24, 2.45) is 0 Å². The molecule has 0 aliphatic carbocycles. The first-order valence-corrected chi connectivity index (χ1v) is 8.96. The van der Waals surface area contributed by atoms with Crippen molar-refractivity contribution < 1.29 is 13.9 Å². The van der Waals surface area contributed by atoms with Gasteiger partial charge >= 0.3 is 0 Å². The molecule has 0 bridgehead atoms. The number of ether oxygens (including phenoxy) is 1. The molecule has 4 rings (SSSR count). The van der Waals surface area contributed by atoms with Crippen molar-refractivity contribution in [2.45, 2.75) is 25.4 Å². The van der Waals surface area contributed by atoms with Crippen LogP contribution < -0.4 is 0 Å². The summed E-state index contributed by atoms with van der Waals surface area (Å²) in [6.07, 6.45) is 7.40. The number of piperidine rings is 1. The minimum absolute atomic E-state index is 0.00915. The van der Waals surface area contributed by atoms with Crippen molar-refractivity contribution in [3.8, 4) is 0 Å². The van der Waals surface area contributed by atoms with Crippen LogP contribution in [-0.2, 0) is 11.3 Å². The average molecular weight is 344 g/mol. The summed E-state index contributed by atoms with van der Waals surface area (Å²) in [5, 5.41) is 4.33. The first-order valence-electron chi connectivity index (χ1n) is 8.96. The maximum atomic E-state index is 13.0. The fourth-order valence-electron chi connectivity index (χ4n) is 3.64. The van der Waals surface area contributed by atoms with Gasteiger partial charge in [-0.25, -0.2) is 0 Å². The van der Waals surface area contributed by atoms with Gasteiger partial charge in [0.15, 0.2) is 5.76 Å². The Kier molecular flexibility index (Phi) is 4.85. The van der Waals surface area contributed by atoms with E-state index in [1.165, 1.54) is 0 Å². The predicted molar refractivity (Wildman–Crippen MR) is 91.2 cm³/mol. The summed E-state index contributed by atoms with van der Waals surface area (Å²) in [6, 6.07) is 4.08. The van der Waals surface area contributed by atoms with E-state index in [4.69, 9.17) is 9.15 Å². The van der Waals surface area contributed by atoms with Crippen LogP contribution in [0.2, 0.25) is 0 Å². The van der Waals surface area contributed by atoms with E-state index in [-0.39, 0.29) is 11.9 Å². The summed E-state index contributed by atoms with van der Waals surface area (Å²) in [7, 11) is 0. The number of aromatic nitrogens is 2. The summed E-state index contributed by atoms with van der Waals surface area (Å²) < 4.78 is 12.9. The molecule has 1 atom stereocenters. The van der Waals surface area contributed by atoms with Gasteiger partial charge in [-0.05, 0) is 25.0 Å². The zero-order chi connectivity index (χ0) is 17.1. The Hall–Kier alpha value is -2.12. The zero-order valence-corrected chi connectivity index (χ0v) is 14.3. The maximum absolute atomic E-state index is 13.0. The van der Waals surface area contributed by atoms with Crippen LogP contribution in [-0.4, -0.2) is 64.9 Å². The number of morpholine rings is 1. The summed E-state index contributed by atoms with van der Waals surface area (Å²) >= 11 is 0. The third-order valence-corrected chi connectivity index (χ3v) is 5.02. The third-order valence-electron chi connectivity index (χ3n) is 5.02. The zero-order valence-electron chi connectivity index (χ0n) is 14.3. The molecule has 1 amide bonds. The number of furan rings is 1. The van der Waals surface area contributed by atoms with Gasteiger partial charge < -0.3 is 14.1 Å². The molecule has 7 heteroatoms. The smallest absolute Gasteiger partial charge is 0.289 e. The highest BCUT2D eigenvalue weighted by atomic mass is 16.5. The lowest BCUT2D eigenvalue weighted by molar-refractivity contribution is 0.0337. The van der Waals surface area contributed by atoms with Crippen molar-refractivity contribution in [1.29, 1.82) is 0 Å². The number of carbonyl (C=O) groups is 1. The second-order valence-electron chi connectivity index (χ2n) is 6.70. The molecule has 0 radical (unpaired) electrons. The molecule has 2 aromatic rings. The number of likely N-dealkylation sites (tertiary alicyclic amines) is 1. The molecule has 2 saturated heterocycles. The highest BCUT2D eigenvalue weighted by molar-refractivity contribution is 5.93. The first kappa shape index (κ1) is 16.4. The SMILES string of the molecule is O=C(c1occc1CN1CCOCC1)N1CCCC(n2cccn2)C1. The monoisotopic (exact) mass is 344 g/mol. The lowest BCUT2D eigenvalue weighted by Crippen LogP contribution is -2.41. The topological polar surface area (TPSA) is 63.7 Å². The fraction of sp³-hybridized carbons (Fsp3) is 0.556. The molecule has 0 saturated carbocycles. The van der Waals surface area contributed by atoms with Gasteiger partial charge in [0.2, 0.25) is 0 Å². The normalized spacial score (nSPS) is 22.2. The van der Waals surface area contributed by atoms with E-state index in [0.29, 0.717) is 12.3 Å². The van der Waals surface area contributed by atoms with Crippen LogP contribution in [0.4, 0.5) is 0 Å². The van der Waals surface area contributed by atoms with Crippen LogP contribution in [0.25, 0.3) is 0 Å². The van der Waals surface area contributed by atoms with Gasteiger partial charge in [0.25, 0.3) is 5.91 Å². The quantitative estimate of drug-likeness (QED) is 0.846. The van der Waals surface area contributed by atoms with Crippen LogP contribution in [0.1, 0.15) is 35.0 Å². The molecule has 2 aliphatic rings. The molecule has 2 aliphatic heterocycles. The van der Waals surface area contributed by atoms with Crippen LogP contribution in [0.3, 0.4) is 0 Å². The van der Waals surface area contributed by atoms with E-state index in [1.807, 2.05) is 27.9 Å². The van der Waals surface area contributed by atoms with E-state index < -0.39 is 0 Å². The number of rotatable bonds is 4. The number of hydrogen-bond donors (Lipinski definition) is 0. The average Bonchev–Trinajstić information content (AvgIpc) is 3.34. The molecule has 4 heterocycles. The molecular weight excluding hydrogens is 320 g/mol. The molecule has 0 spiro atoms. The van der Waals surface area contributed by atoms with Crippen LogP contribution in [0, 0.1) is 0 Å². The van der Waals surface area contributed by atoms with Gasteiger partial charge in [-0.3, -0.25) is 14.4 Å². The number of nitrogens with zero attached hydrogens (tertiary/aromatic N) is 4. The Morgan fingerprint density at radius 2 is 2.16 bits per heavy atom. The van der Waals surface area contributed by atoms with Gasteiger partial charge in [-0.1, -0.05) is 0 Å². The van der Waals surface area contributed by atoms with Gasteiger partial charge in [-0.2, -0.15) is 5.10 Å². The second-order valence-corrected chi connectivity index (χ2v) is 6.70. The van der Waals surface area contributed by atoms with Crippen molar-refractivity contribution in [2.75, 3.05) is 39.4 Å². The molecule has 2 fully saturated rings. The Labute approximate surface area is 147 Å². The van der Waals surface area contributed by atoms with Crippen LogP contribution in [0.5, 0.6) is 0 Å². The largest absolute Gasteiger partial charge is 0.459 e. The van der Waals surface area contributed by atoms with E-state index >= 15 is 0 Å². The summed E-state index contributed by atoms with van der Waals surface area (Å²) in [6.45, 7) is 5.47. The molecule has 1 unspecified atom stereocenters. The number of amides is 1. The van der Waals surface area contributed by atoms with Crippen molar-refractivity contribution in [3.63, 3.8) is 0 Å². The van der Waals surface area contributed by atoms with Crippen molar-refractivity contribution in [3.05, 3.63) is 42.1 Å². The fourth-order valence-corrected chi connectivity index (χ4v) is 3.64. The van der Waals surface area contributed by atoms with Crippen molar-refractivity contribution in [1.82, 2.24) is 19.6 Å². The first-order chi connectivity index (χ1) is 12.3.